The molecule has 0 fully saturated rings. The van der Waals surface area contributed by atoms with Gasteiger partial charge in [0.25, 0.3) is 0 Å². The standard InChI is InChI=1S/C24H22N6OS/c1-30-18(6-7-28-30)10-20(31)14-3-5-19-21(9-14)32-24-22(19)23(26-13-27-24)29-17-4-2-15-11-25-12-16(15)8-17/h2,4,6-8,12-14H,3,5,9-11H2,1H3,(H,26,27,29). The minimum absolute atomic E-state index is 0.0471. The first-order chi connectivity index (χ1) is 15.7. The van der Waals surface area contributed by atoms with Gasteiger partial charge in [0.2, 0.25) is 0 Å². The number of ketones is 1. The summed E-state index contributed by atoms with van der Waals surface area (Å²) in [6, 6.07) is 8.23. The molecule has 0 spiro atoms. The minimum atomic E-state index is 0.0471. The van der Waals surface area contributed by atoms with Gasteiger partial charge < -0.3 is 5.32 Å². The summed E-state index contributed by atoms with van der Waals surface area (Å²) in [6.45, 7) is 0.756. The molecule has 1 N–H and O–H groups in total. The molecule has 0 saturated carbocycles. The molecular formula is C24H22N6OS. The Bertz CT molecular complexity index is 1380. The summed E-state index contributed by atoms with van der Waals surface area (Å²) < 4.78 is 1.78. The van der Waals surface area contributed by atoms with Crippen molar-refractivity contribution < 1.29 is 4.79 Å². The smallest absolute Gasteiger partial charge is 0.142 e. The maximum absolute atomic E-state index is 13.0. The van der Waals surface area contributed by atoms with E-state index in [0.717, 1.165) is 58.8 Å². The van der Waals surface area contributed by atoms with Crippen molar-refractivity contribution >= 4 is 45.1 Å². The first-order valence-electron chi connectivity index (χ1n) is 10.8. The maximum Gasteiger partial charge on any atom is 0.142 e. The summed E-state index contributed by atoms with van der Waals surface area (Å²) in [5.74, 6) is 1.17. The second kappa shape index (κ2) is 7.63. The van der Waals surface area contributed by atoms with E-state index in [-0.39, 0.29) is 5.92 Å². The van der Waals surface area contributed by atoms with Crippen LogP contribution in [-0.2, 0) is 37.6 Å². The number of Topliss-reactive ketones (excluding diaryl/α,β-unsaturated/α-hetero) is 1. The molecule has 1 aromatic carbocycles. The van der Waals surface area contributed by atoms with Gasteiger partial charge in [-0.3, -0.25) is 14.5 Å². The number of aliphatic imine (C=N–C) groups is 1. The first-order valence-corrected chi connectivity index (χ1v) is 11.6. The normalized spacial score (nSPS) is 16.8. The second-order valence-electron chi connectivity index (χ2n) is 8.44. The number of nitrogens with one attached hydrogen (secondary N) is 1. The number of aromatic nitrogens is 4. The third kappa shape index (κ3) is 3.31. The highest BCUT2D eigenvalue weighted by Gasteiger charge is 2.29. The Labute approximate surface area is 189 Å². The molecule has 1 aliphatic heterocycles. The van der Waals surface area contributed by atoms with Crippen LogP contribution in [-0.4, -0.2) is 31.7 Å². The van der Waals surface area contributed by atoms with E-state index < -0.39 is 0 Å². The summed E-state index contributed by atoms with van der Waals surface area (Å²) in [7, 11) is 1.88. The van der Waals surface area contributed by atoms with Crippen LogP contribution < -0.4 is 5.32 Å². The largest absolute Gasteiger partial charge is 0.340 e. The lowest BCUT2D eigenvalue weighted by Crippen LogP contribution is -2.24. The molecule has 1 unspecified atom stereocenters. The molecule has 4 aromatic rings. The average molecular weight is 443 g/mol. The summed E-state index contributed by atoms with van der Waals surface area (Å²) in [5, 5.41) is 8.78. The third-order valence-electron chi connectivity index (χ3n) is 6.48. The van der Waals surface area contributed by atoms with Crippen LogP contribution in [0.5, 0.6) is 0 Å². The molecule has 0 bridgehead atoms. The van der Waals surface area contributed by atoms with Crippen LogP contribution >= 0.6 is 11.3 Å². The van der Waals surface area contributed by atoms with Gasteiger partial charge in [-0.25, -0.2) is 9.97 Å². The van der Waals surface area contributed by atoms with Crippen LogP contribution in [0.25, 0.3) is 10.2 Å². The van der Waals surface area contributed by atoms with Gasteiger partial charge in [0.1, 0.15) is 22.8 Å². The SMILES string of the molecule is Cn1nccc1CC(=O)C1CCc2c(sc3ncnc(Nc4ccc5c(c4)C=NC5)c23)C1. The van der Waals surface area contributed by atoms with E-state index >= 15 is 0 Å². The highest BCUT2D eigenvalue weighted by atomic mass is 32.1. The predicted octanol–water partition coefficient (Wildman–Crippen LogP) is 4.02. The fourth-order valence-corrected chi connectivity index (χ4v) is 5.96. The fraction of sp³-hybridized carbons (Fsp3) is 0.292. The van der Waals surface area contributed by atoms with Gasteiger partial charge in [0.05, 0.1) is 11.9 Å². The second-order valence-corrected chi connectivity index (χ2v) is 9.53. The van der Waals surface area contributed by atoms with E-state index in [4.69, 9.17) is 0 Å². The predicted molar refractivity (Wildman–Crippen MR) is 126 cm³/mol. The first kappa shape index (κ1) is 19.3. The number of fused-ring (bicyclic) bond motifs is 4. The Morgan fingerprint density at radius 3 is 3.09 bits per heavy atom. The van der Waals surface area contributed by atoms with Crippen LogP contribution in [0.2, 0.25) is 0 Å². The highest BCUT2D eigenvalue weighted by molar-refractivity contribution is 7.19. The number of hydrogen-bond donors (Lipinski definition) is 1. The Balaban J connectivity index is 1.28. The Kier molecular flexibility index (Phi) is 4.61. The van der Waals surface area contributed by atoms with Gasteiger partial charge in [0, 0.05) is 48.1 Å². The number of hydrogen-bond acceptors (Lipinski definition) is 7. The molecule has 0 saturated heterocycles. The number of nitrogens with zero attached hydrogens (tertiary/aromatic N) is 5. The van der Waals surface area contributed by atoms with E-state index in [2.05, 4.69) is 43.6 Å². The molecule has 1 aliphatic carbocycles. The zero-order chi connectivity index (χ0) is 21.7. The van der Waals surface area contributed by atoms with E-state index in [9.17, 15) is 4.79 Å². The third-order valence-corrected chi connectivity index (χ3v) is 7.64. The van der Waals surface area contributed by atoms with Gasteiger partial charge in [0.15, 0.2) is 0 Å². The van der Waals surface area contributed by atoms with E-state index in [0.29, 0.717) is 12.2 Å². The van der Waals surface area contributed by atoms with Gasteiger partial charge >= 0.3 is 0 Å². The molecule has 3 aromatic heterocycles. The van der Waals surface area contributed by atoms with Crippen molar-refractivity contribution in [3.05, 3.63) is 64.1 Å². The number of rotatable bonds is 5. The number of thiophene rings is 1. The van der Waals surface area contributed by atoms with Crippen molar-refractivity contribution in [1.82, 2.24) is 19.7 Å². The van der Waals surface area contributed by atoms with Crippen LogP contribution in [0.3, 0.4) is 0 Å². The number of anilines is 2. The molecule has 32 heavy (non-hydrogen) atoms. The number of benzene rings is 1. The van der Waals surface area contributed by atoms with Gasteiger partial charge in [-0.15, -0.1) is 11.3 Å². The summed E-state index contributed by atoms with van der Waals surface area (Å²) in [6.07, 6.45) is 8.23. The molecular weight excluding hydrogens is 420 g/mol. The van der Waals surface area contributed by atoms with E-state index in [1.165, 1.54) is 16.0 Å². The molecule has 1 atom stereocenters. The molecule has 2 aliphatic rings. The van der Waals surface area contributed by atoms with Gasteiger partial charge in [-0.05, 0) is 54.2 Å². The zero-order valence-corrected chi connectivity index (χ0v) is 18.5. The zero-order valence-electron chi connectivity index (χ0n) is 17.7. The quantitative estimate of drug-likeness (QED) is 0.505. The molecule has 7 nitrogen and oxygen atoms in total. The van der Waals surface area contributed by atoms with Crippen molar-refractivity contribution in [2.45, 2.75) is 32.2 Å². The molecule has 0 radical (unpaired) electrons. The van der Waals surface area contributed by atoms with Crippen molar-refractivity contribution in [2.24, 2.45) is 18.0 Å². The lowest BCUT2D eigenvalue weighted by Gasteiger charge is -2.21. The molecule has 6 rings (SSSR count). The molecule has 160 valence electrons. The van der Waals surface area contributed by atoms with Crippen molar-refractivity contribution in [3.8, 4) is 0 Å². The van der Waals surface area contributed by atoms with Gasteiger partial charge in [-0.2, -0.15) is 5.10 Å². The van der Waals surface area contributed by atoms with Gasteiger partial charge in [-0.1, -0.05) is 6.07 Å². The molecule has 8 heteroatoms. The fourth-order valence-electron chi connectivity index (χ4n) is 4.69. The lowest BCUT2D eigenvalue weighted by molar-refractivity contribution is -0.122. The van der Waals surface area contributed by atoms with Crippen molar-refractivity contribution in [3.63, 3.8) is 0 Å². The summed E-state index contributed by atoms with van der Waals surface area (Å²) in [5.41, 5.74) is 5.66. The van der Waals surface area contributed by atoms with Crippen LogP contribution in [0.15, 0.2) is 41.8 Å². The topological polar surface area (TPSA) is 85.1 Å². The van der Waals surface area contributed by atoms with Crippen molar-refractivity contribution in [1.29, 1.82) is 0 Å². The van der Waals surface area contributed by atoms with Crippen LogP contribution in [0.1, 0.15) is 33.7 Å². The monoisotopic (exact) mass is 442 g/mol. The molecule has 0 amide bonds. The van der Waals surface area contributed by atoms with E-state index in [1.807, 2.05) is 19.3 Å². The Hall–Kier alpha value is -3.39. The van der Waals surface area contributed by atoms with Crippen molar-refractivity contribution in [2.75, 3.05) is 5.32 Å². The lowest BCUT2D eigenvalue weighted by atomic mass is 9.84. The summed E-state index contributed by atoms with van der Waals surface area (Å²) in [4.78, 5) is 28.6. The number of carbonyl (C=O) groups is 1. The Morgan fingerprint density at radius 1 is 1.28 bits per heavy atom. The minimum Gasteiger partial charge on any atom is -0.340 e. The highest BCUT2D eigenvalue weighted by Crippen LogP contribution is 2.41. The molecule has 4 heterocycles. The number of carbonyl (C=O) groups excluding carboxylic acids is 1. The Morgan fingerprint density at radius 2 is 2.22 bits per heavy atom. The number of aryl methyl sites for hydroxylation is 2. The van der Waals surface area contributed by atoms with Crippen LogP contribution in [0.4, 0.5) is 11.5 Å². The summed E-state index contributed by atoms with van der Waals surface area (Å²) >= 11 is 1.69. The average Bonchev–Trinajstić information content (AvgIpc) is 3.51. The van der Waals surface area contributed by atoms with Crippen LogP contribution in [0, 0.1) is 5.92 Å². The maximum atomic E-state index is 13.0. The van der Waals surface area contributed by atoms with E-state index in [1.54, 1.807) is 28.5 Å².